The lowest BCUT2D eigenvalue weighted by Crippen LogP contribution is -2.40. The summed E-state index contributed by atoms with van der Waals surface area (Å²) in [4.78, 5) is 7.04. The lowest BCUT2D eigenvalue weighted by atomic mass is 10.3. The quantitative estimate of drug-likeness (QED) is 0.905. The van der Waals surface area contributed by atoms with Crippen molar-refractivity contribution in [2.45, 2.75) is 4.90 Å². The summed E-state index contributed by atoms with van der Waals surface area (Å²) in [6.45, 7) is 1.51. The van der Waals surface area contributed by atoms with Gasteiger partial charge in [0.15, 0.2) is 0 Å². The second kappa shape index (κ2) is 4.75. The Hall–Kier alpha value is -1.15. The van der Waals surface area contributed by atoms with Gasteiger partial charge in [0.25, 0.3) is 0 Å². The van der Waals surface area contributed by atoms with Gasteiger partial charge in [-0.1, -0.05) is 11.6 Å². The van der Waals surface area contributed by atoms with E-state index in [-0.39, 0.29) is 9.92 Å². The third-order valence-electron chi connectivity index (χ3n) is 3.06. The van der Waals surface area contributed by atoms with Crippen molar-refractivity contribution in [3.63, 3.8) is 0 Å². The number of fused-ring (bicyclic) bond motifs is 1. The summed E-state index contributed by atoms with van der Waals surface area (Å²) >= 11 is 6.07. The van der Waals surface area contributed by atoms with Crippen LogP contribution in [0.5, 0.6) is 0 Å². The molecule has 1 saturated heterocycles. The summed E-state index contributed by atoms with van der Waals surface area (Å²) in [7, 11) is -3.59. The molecule has 0 aliphatic carbocycles. The molecule has 0 amide bonds. The molecule has 102 valence electrons. The van der Waals surface area contributed by atoms with Crippen LogP contribution >= 0.6 is 11.6 Å². The number of nitrogens with one attached hydrogen (secondary N) is 1. The first-order chi connectivity index (χ1) is 9.09. The zero-order valence-electron chi connectivity index (χ0n) is 9.97. The highest BCUT2D eigenvalue weighted by Gasteiger charge is 2.28. The number of morpholine rings is 1. The SMILES string of the molecule is O=S(=O)(c1cc2[nH]cnc2cc1Cl)N1CCOCC1. The van der Waals surface area contributed by atoms with E-state index in [1.807, 2.05) is 0 Å². The van der Waals surface area contributed by atoms with Crippen molar-refractivity contribution in [1.82, 2.24) is 14.3 Å². The Bertz CT molecular complexity index is 707. The molecule has 8 heteroatoms. The molecule has 0 radical (unpaired) electrons. The average Bonchev–Trinajstić information content (AvgIpc) is 2.85. The van der Waals surface area contributed by atoms with Gasteiger partial charge in [-0.05, 0) is 12.1 Å². The molecule has 1 aromatic carbocycles. The topological polar surface area (TPSA) is 75.3 Å². The van der Waals surface area contributed by atoms with Crippen molar-refractivity contribution < 1.29 is 13.2 Å². The number of aromatic amines is 1. The molecule has 1 N–H and O–H groups in total. The van der Waals surface area contributed by atoms with Crippen molar-refractivity contribution in [1.29, 1.82) is 0 Å². The number of hydrogen-bond acceptors (Lipinski definition) is 4. The summed E-state index contributed by atoms with van der Waals surface area (Å²) in [6, 6.07) is 3.08. The standard InChI is InChI=1S/C11H12ClN3O3S/c12-8-5-9-10(14-7-13-9)6-11(8)19(16,17)15-1-3-18-4-2-15/h5-7H,1-4H2,(H,13,14). The fourth-order valence-corrected chi connectivity index (χ4v) is 3.99. The Balaban J connectivity index is 2.08. The predicted molar refractivity (Wildman–Crippen MR) is 70.7 cm³/mol. The van der Waals surface area contributed by atoms with Crippen LogP contribution in [0.3, 0.4) is 0 Å². The maximum atomic E-state index is 12.5. The van der Waals surface area contributed by atoms with Crippen LogP contribution < -0.4 is 0 Å². The highest BCUT2D eigenvalue weighted by Crippen LogP contribution is 2.28. The lowest BCUT2D eigenvalue weighted by Gasteiger charge is -2.26. The molecule has 0 unspecified atom stereocenters. The molecule has 0 spiro atoms. The molecule has 1 aliphatic heterocycles. The van der Waals surface area contributed by atoms with Gasteiger partial charge in [0, 0.05) is 13.1 Å². The zero-order chi connectivity index (χ0) is 13.5. The number of ether oxygens (including phenoxy) is 1. The Morgan fingerprint density at radius 2 is 2.05 bits per heavy atom. The van der Waals surface area contributed by atoms with Crippen molar-refractivity contribution in [2.24, 2.45) is 0 Å². The Morgan fingerprint density at radius 1 is 1.32 bits per heavy atom. The molecule has 1 aromatic heterocycles. The van der Waals surface area contributed by atoms with Crippen molar-refractivity contribution >= 4 is 32.7 Å². The van der Waals surface area contributed by atoms with Crippen molar-refractivity contribution in [3.05, 3.63) is 23.5 Å². The van der Waals surface area contributed by atoms with Gasteiger partial charge in [0.1, 0.15) is 4.90 Å². The molecular formula is C11H12ClN3O3S. The summed E-state index contributed by atoms with van der Waals surface area (Å²) in [5.74, 6) is 0. The third kappa shape index (κ3) is 2.23. The van der Waals surface area contributed by atoms with Gasteiger partial charge in [-0.2, -0.15) is 4.31 Å². The van der Waals surface area contributed by atoms with E-state index >= 15 is 0 Å². The van der Waals surface area contributed by atoms with E-state index in [2.05, 4.69) is 9.97 Å². The number of halogens is 1. The van der Waals surface area contributed by atoms with Crippen LogP contribution in [0.25, 0.3) is 11.0 Å². The first-order valence-corrected chi connectivity index (χ1v) is 7.61. The van der Waals surface area contributed by atoms with E-state index in [0.717, 1.165) is 0 Å². The van der Waals surface area contributed by atoms with Gasteiger partial charge in [0.2, 0.25) is 10.0 Å². The fourth-order valence-electron chi connectivity index (χ4n) is 2.06. The van der Waals surface area contributed by atoms with Crippen LogP contribution in [0.4, 0.5) is 0 Å². The molecular weight excluding hydrogens is 290 g/mol. The minimum absolute atomic E-state index is 0.104. The number of hydrogen-bond donors (Lipinski definition) is 1. The number of sulfonamides is 1. The van der Waals surface area contributed by atoms with E-state index in [1.54, 1.807) is 6.07 Å². The van der Waals surface area contributed by atoms with Crippen LogP contribution in [-0.4, -0.2) is 49.0 Å². The highest BCUT2D eigenvalue weighted by molar-refractivity contribution is 7.89. The first kappa shape index (κ1) is 12.9. The molecule has 2 heterocycles. The number of aromatic nitrogens is 2. The number of nitrogens with zero attached hydrogens (tertiary/aromatic N) is 2. The average molecular weight is 302 g/mol. The first-order valence-electron chi connectivity index (χ1n) is 5.79. The molecule has 1 aliphatic rings. The summed E-state index contributed by atoms with van der Waals surface area (Å²) in [5.41, 5.74) is 1.29. The van der Waals surface area contributed by atoms with Crippen LogP contribution in [0, 0.1) is 0 Å². The zero-order valence-corrected chi connectivity index (χ0v) is 11.5. The van der Waals surface area contributed by atoms with Crippen molar-refractivity contribution in [2.75, 3.05) is 26.3 Å². The van der Waals surface area contributed by atoms with Gasteiger partial charge in [0.05, 0.1) is 35.6 Å². The molecule has 0 saturated carbocycles. The molecule has 6 nitrogen and oxygen atoms in total. The van der Waals surface area contributed by atoms with Crippen molar-refractivity contribution in [3.8, 4) is 0 Å². The molecule has 1 fully saturated rings. The van der Waals surface area contributed by atoms with Gasteiger partial charge in [-0.15, -0.1) is 0 Å². The minimum atomic E-state index is -3.59. The second-order valence-corrected chi connectivity index (χ2v) is 6.53. The van der Waals surface area contributed by atoms with Gasteiger partial charge in [-0.3, -0.25) is 0 Å². The molecule has 3 rings (SSSR count). The summed E-state index contributed by atoms with van der Waals surface area (Å²) in [5, 5.41) is 0.186. The highest BCUT2D eigenvalue weighted by atomic mass is 35.5. The number of rotatable bonds is 2. The van der Waals surface area contributed by atoms with E-state index in [0.29, 0.717) is 37.3 Å². The van der Waals surface area contributed by atoms with Gasteiger partial charge >= 0.3 is 0 Å². The van der Waals surface area contributed by atoms with E-state index in [9.17, 15) is 8.42 Å². The van der Waals surface area contributed by atoms with Crippen LogP contribution in [0.2, 0.25) is 5.02 Å². The van der Waals surface area contributed by atoms with E-state index < -0.39 is 10.0 Å². The van der Waals surface area contributed by atoms with Crippen LogP contribution in [0.1, 0.15) is 0 Å². The maximum absolute atomic E-state index is 12.5. The summed E-state index contributed by atoms with van der Waals surface area (Å²) in [6.07, 6.45) is 1.51. The monoisotopic (exact) mass is 301 g/mol. The maximum Gasteiger partial charge on any atom is 0.244 e. The normalized spacial score (nSPS) is 17.9. The number of imidazole rings is 1. The van der Waals surface area contributed by atoms with E-state index in [4.69, 9.17) is 16.3 Å². The predicted octanol–water partition coefficient (Wildman–Crippen LogP) is 1.24. The largest absolute Gasteiger partial charge is 0.379 e. The molecule has 0 atom stereocenters. The molecule has 2 aromatic rings. The smallest absolute Gasteiger partial charge is 0.244 e. The summed E-state index contributed by atoms with van der Waals surface area (Å²) < 4.78 is 31.6. The van der Waals surface area contributed by atoms with Gasteiger partial charge in [-0.25, -0.2) is 13.4 Å². The van der Waals surface area contributed by atoms with Crippen LogP contribution in [0.15, 0.2) is 23.4 Å². The Kier molecular flexibility index (Phi) is 3.22. The molecule has 0 bridgehead atoms. The lowest BCUT2D eigenvalue weighted by molar-refractivity contribution is 0.0730. The second-order valence-electron chi connectivity index (χ2n) is 4.22. The minimum Gasteiger partial charge on any atom is -0.379 e. The fraction of sp³-hybridized carbons (Fsp3) is 0.364. The van der Waals surface area contributed by atoms with Crippen LogP contribution in [-0.2, 0) is 14.8 Å². The Labute approximate surface area is 115 Å². The number of H-pyrrole nitrogens is 1. The number of benzene rings is 1. The van der Waals surface area contributed by atoms with Gasteiger partial charge < -0.3 is 9.72 Å². The molecule has 19 heavy (non-hydrogen) atoms. The Morgan fingerprint density at radius 3 is 2.79 bits per heavy atom. The third-order valence-corrected chi connectivity index (χ3v) is 5.43. The van der Waals surface area contributed by atoms with E-state index in [1.165, 1.54) is 16.7 Å².